The second-order valence-corrected chi connectivity index (χ2v) is 4.56. The molecule has 0 spiro atoms. The number of benzene rings is 1. The summed E-state index contributed by atoms with van der Waals surface area (Å²) in [5, 5.41) is 0. The minimum atomic E-state index is -4.47. The van der Waals surface area contributed by atoms with Gasteiger partial charge in [0.2, 0.25) is 0 Å². The van der Waals surface area contributed by atoms with Crippen LogP contribution in [-0.2, 0) is 9.30 Å². The van der Waals surface area contributed by atoms with Crippen LogP contribution in [0.2, 0.25) is 0 Å². The molecular weight excluding hydrogens is 267 g/mol. The van der Waals surface area contributed by atoms with Crippen LogP contribution in [0.1, 0.15) is 26.3 Å². The third kappa shape index (κ3) is 9.45. The normalized spacial score (nSPS) is 11.0. The van der Waals surface area contributed by atoms with Crippen molar-refractivity contribution in [2.75, 3.05) is 13.2 Å². The molecule has 0 saturated heterocycles. The van der Waals surface area contributed by atoms with E-state index in [1.807, 2.05) is 20.8 Å². The molecule has 0 aromatic heterocycles. The molecule has 0 saturated carbocycles. The van der Waals surface area contributed by atoms with Gasteiger partial charge in [-0.25, -0.2) is 4.57 Å². The van der Waals surface area contributed by atoms with E-state index in [0.29, 0.717) is 5.56 Å². The van der Waals surface area contributed by atoms with Crippen LogP contribution in [0, 0.1) is 0 Å². The first-order valence-corrected chi connectivity index (χ1v) is 7.52. The molecule has 6 heteroatoms. The Bertz CT molecular complexity index is 423. The van der Waals surface area contributed by atoms with Crippen LogP contribution in [0.3, 0.4) is 0 Å². The van der Waals surface area contributed by atoms with Crippen LogP contribution in [0.25, 0.3) is 6.08 Å². The maximum absolute atomic E-state index is 10.6. The number of rotatable bonds is 5. The third-order valence-electron chi connectivity index (χ3n) is 1.89. The Balaban J connectivity index is 0.000000555. The van der Waals surface area contributed by atoms with Crippen molar-refractivity contribution in [2.24, 2.45) is 0 Å². The summed E-state index contributed by atoms with van der Waals surface area (Å²) in [7, 11) is -4.47. The summed E-state index contributed by atoms with van der Waals surface area (Å²) in [5.41, 5.74) is 0.637. The second-order valence-electron chi connectivity index (χ2n) is 3.40. The Hall–Kier alpha value is -1.13. The predicted octanol–water partition coefficient (Wildman–Crippen LogP) is 3.23. The molecular formula is C13H21O5P. The lowest BCUT2D eigenvalue weighted by Gasteiger charge is -2.08. The quantitative estimate of drug-likeness (QED) is 0.813. The summed E-state index contributed by atoms with van der Waals surface area (Å²) in [6.45, 7) is 7.48. The van der Waals surface area contributed by atoms with Gasteiger partial charge in [-0.05, 0) is 26.8 Å². The largest absolute Gasteiger partial charge is 0.524 e. The molecule has 0 heterocycles. The van der Waals surface area contributed by atoms with Crippen molar-refractivity contribution >= 4 is 13.9 Å². The van der Waals surface area contributed by atoms with Gasteiger partial charge in [0.25, 0.3) is 0 Å². The van der Waals surface area contributed by atoms with Crippen LogP contribution in [-0.4, -0.2) is 23.0 Å². The number of para-hydroxylation sites is 1. The van der Waals surface area contributed by atoms with Crippen molar-refractivity contribution in [3.63, 3.8) is 0 Å². The topological polar surface area (TPSA) is 76.0 Å². The van der Waals surface area contributed by atoms with Crippen LogP contribution >= 0.6 is 7.82 Å². The maximum atomic E-state index is 10.6. The highest BCUT2D eigenvalue weighted by molar-refractivity contribution is 7.46. The fourth-order valence-corrected chi connectivity index (χ4v) is 1.64. The summed E-state index contributed by atoms with van der Waals surface area (Å²) in [6, 6.07) is 6.64. The van der Waals surface area contributed by atoms with Crippen LogP contribution < -0.4 is 4.52 Å². The molecule has 0 unspecified atom stereocenters. The third-order valence-corrected chi connectivity index (χ3v) is 2.33. The molecule has 108 valence electrons. The standard InChI is InChI=1S/C9H11O4P.C4H10O/c1-2-5-8-6-3-4-7-9(8)13-14(10,11)12;1-3-5-4-2/h2-7H,1H3,(H2,10,11,12);3-4H2,1-2H3/b5-2-;. The van der Waals surface area contributed by atoms with Crippen LogP contribution in [0.4, 0.5) is 0 Å². The Labute approximate surface area is 114 Å². The van der Waals surface area contributed by atoms with Gasteiger partial charge >= 0.3 is 7.82 Å². The molecule has 0 fully saturated rings. The van der Waals surface area contributed by atoms with Crippen molar-refractivity contribution < 1.29 is 23.6 Å². The summed E-state index contributed by atoms with van der Waals surface area (Å²) >= 11 is 0. The first-order chi connectivity index (χ1) is 8.94. The fraction of sp³-hybridized carbons (Fsp3) is 0.385. The van der Waals surface area contributed by atoms with Gasteiger partial charge in [0.05, 0.1) is 0 Å². The number of phosphoric ester groups is 1. The molecule has 0 radical (unpaired) electrons. The molecule has 5 nitrogen and oxygen atoms in total. The van der Waals surface area contributed by atoms with E-state index in [4.69, 9.17) is 14.5 Å². The highest BCUT2D eigenvalue weighted by Gasteiger charge is 2.16. The maximum Gasteiger partial charge on any atom is 0.524 e. The summed E-state index contributed by atoms with van der Waals surface area (Å²) < 4.78 is 19.9. The van der Waals surface area contributed by atoms with Gasteiger partial charge < -0.3 is 9.26 Å². The average Bonchev–Trinajstić information content (AvgIpc) is 2.32. The van der Waals surface area contributed by atoms with E-state index >= 15 is 0 Å². The van der Waals surface area contributed by atoms with Gasteiger partial charge in [-0.15, -0.1) is 0 Å². The van der Waals surface area contributed by atoms with E-state index in [1.54, 1.807) is 30.4 Å². The van der Waals surface area contributed by atoms with Gasteiger partial charge in [-0.3, -0.25) is 9.79 Å². The lowest BCUT2D eigenvalue weighted by atomic mass is 10.2. The zero-order valence-corrected chi connectivity index (χ0v) is 12.3. The molecule has 0 aliphatic carbocycles. The van der Waals surface area contributed by atoms with Crippen molar-refractivity contribution in [2.45, 2.75) is 20.8 Å². The summed E-state index contributed by atoms with van der Waals surface area (Å²) in [5.74, 6) is 0.180. The van der Waals surface area contributed by atoms with E-state index in [1.165, 1.54) is 6.07 Å². The molecule has 0 aliphatic rings. The SMILES string of the molecule is C/C=C\c1ccccc1OP(=O)(O)O.CCOCC. The Morgan fingerprint density at radius 3 is 2.21 bits per heavy atom. The number of ether oxygens (including phenoxy) is 1. The second kappa shape index (κ2) is 9.75. The van der Waals surface area contributed by atoms with Crippen molar-refractivity contribution in [1.82, 2.24) is 0 Å². The molecule has 0 atom stereocenters. The van der Waals surface area contributed by atoms with Crippen LogP contribution in [0.5, 0.6) is 5.75 Å². The summed E-state index contributed by atoms with van der Waals surface area (Å²) in [6.07, 6.45) is 3.48. The van der Waals surface area contributed by atoms with Crippen molar-refractivity contribution in [3.05, 3.63) is 35.9 Å². The predicted molar refractivity (Wildman–Crippen MR) is 76.0 cm³/mol. The Kier molecular flexibility index (Phi) is 9.17. The lowest BCUT2D eigenvalue weighted by molar-refractivity contribution is 0.162. The van der Waals surface area contributed by atoms with E-state index in [9.17, 15) is 4.57 Å². The van der Waals surface area contributed by atoms with E-state index in [0.717, 1.165) is 13.2 Å². The average molecular weight is 288 g/mol. The zero-order valence-electron chi connectivity index (χ0n) is 11.4. The number of hydrogen-bond acceptors (Lipinski definition) is 3. The molecule has 0 bridgehead atoms. The first kappa shape index (κ1) is 17.9. The highest BCUT2D eigenvalue weighted by Crippen LogP contribution is 2.39. The number of hydrogen-bond donors (Lipinski definition) is 2. The Morgan fingerprint density at radius 1 is 1.21 bits per heavy atom. The van der Waals surface area contributed by atoms with Crippen molar-refractivity contribution in [3.8, 4) is 5.75 Å². The fourth-order valence-electron chi connectivity index (χ4n) is 1.21. The molecule has 0 amide bonds. The summed E-state index contributed by atoms with van der Waals surface area (Å²) in [4.78, 5) is 17.3. The molecule has 2 N–H and O–H groups in total. The van der Waals surface area contributed by atoms with Gasteiger partial charge in [0, 0.05) is 18.8 Å². The van der Waals surface area contributed by atoms with Gasteiger partial charge in [0.1, 0.15) is 5.75 Å². The van der Waals surface area contributed by atoms with Gasteiger partial charge in [0.15, 0.2) is 0 Å². The smallest absolute Gasteiger partial charge is 0.404 e. The zero-order chi connectivity index (χ0) is 14.7. The monoisotopic (exact) mass is 288 g/mol. The number of allylic oxidation sites excluding steroid dienone is 1. The molecule has 1 aromatic carbocycles. The van der Waals surface area contributed by atoms with Gasteiger partial charge in [-0.1, -0.05) is 30.4 Å². The van der Waals surface area contributed by atoms with Gasteiger partial charge in [-0.2, -0.15) is 0 Å². The minimum absolute atomic E-state index is 0.180. The van der Waals surface area contributed by atoms with Crippen molar-refractivity contribution in [1.29, 1.82) is 0 Å². The van der Waals surface area contributed by atoms with E-state index in [-0.39, 0.29) is 5.75 Å². The minimum Gasteiger partial charge on any atom is -0.404 e. The Morgan fingerprint density at radius 2 is 1.79 bits per heavy atom. The molecule has 0 aliphatic heterocycles. The van der Waals surface area contributed by atoms with E-state index in [2.05, 4.69) is 4.52 Å². The molecule has 1 aromatic rings. The van der Waals surface area contributed by atoms with Crippen LogP contribution in [0.15, 0.2) is 30.3 Å². The number of phosphoric acid groups is 1. The first-order valence-electron chi connectivity index (χ1n) is 5.99. The molecule has 1 rings (SSSR count). The van der Waals surface area contributed by atoms with E-state index < -0.39 is 7.82 Å². The molecule has 19 heavy (non-hydrogen) atoms. The lowest BCUT2D eigenvalue weighted by Crippen LogP contribution is -1.91. The highest BCUT2D eigenvalue weighted by atomic mass is 31.2.